The van der Waals surface area contributed by atoms with Gasteiger partial charge in [-0.15, -0.1) is 0 Å². The number of piperidine rings is 1. The van der Waals surface area contributed by atoms with Crippen molar-refractivity contribution >= 4 is 91.5 Å². The Bertz CT molecular complexity index is 1740. The van der Waals surface area contributed by atoms with E-state index >= 15 is 0 Å². The smallest absolute Gasteiger partial charge is 0.246 e. The molecular weight excluding hydrogens is 1320 g/mol. The topological polar surface area (TPSA) is 577 Å². The number of aliphatic hydroxyl groups is 1. The number of rotatable bonds is 12. The van der Waals surface area contributed by atoms with Crippen molar-refractivity contribution in [1.82, 2.24) is 44.6 Å². The number of carbonyl (C=O) groups excluding carboxylic acids is 14. The number of nitrogens with zero attached hydrogens (tertiary/aromatic N) is 3. The van der Waals surface area contributed by atoms with Gasteiger partial charge in [-0.05, 0) is 117 Å². The molecule has 1 aliphatic rings. The molecule has 3 aromatic carbocycles. The molecule has 1 saturated heterocycles. The van der Waals surface area contributed by atoms with Gasteiger partial charge < -0.3 is 132 Å². The minimum Gasteiger partial charge on any atom is -0.394 e. The van der Waals surface area contributed by atoms with Crippen LogP contribution < -0.4 is 64.3 Å². The summed E-state index contributed by atoms with van der Waals surface area (Å²) in [4.78, 5) is 137. The number of benzene rings is 3. The molecular formula is C74H166N14O15. The number of hydrogen-bond acceptors (Lipinski definition) is 25. The maximum atomic E-state index is 13.9. The molecule has 29 heteroatoms. The van der Waals surface area contributed by atoms with Crippen LogP contribution in [0.4, 0.5) is 0 Å². The van der Waals surface area contributed by atoms with Crippen molar-refractivity contribution in [2.45, 2.75) is 201 Å². The summed E-state index contributed by atoms with van der Waals surface area (Å²) in [6.07, 6.45) is 5.92. The Kier molecular flexibility index (Phi) is 320. The Balaban J connectivity index is -0.0000000339. The van der Waals surface area contributed by atoms with Crippen LogP contribution in [0.15, 0.2) is 91.0 Å². The molecule has 622 valence electrons. The van der Waals surface area contributed by atoms with Crippen molar-refractivity contribution in [3.8, 4) is 0 Å². The first-order chi connectivity index (χ1) is 47.9. The normalized spacial score (nSPS) is 8.61. The molecule has 26 N–H and O–H groups in total. The minimum atomic E-state index is -0.861. The number of amides is 4. The van der Waals surface area contributed by atoms with Gasteiger partial charge >= 0.3 is 0 Å². The van der Waals surface area contributed by atoms with Gasteiger partial charge in [-0.25, -0.2) is 0 Å². The van der Waals surface area contributed by atoms with Crippen molar-refractivity contribution in [2.24, 2.45) is 46.2 Å². The molecule has 29 nitrogen and oxygen atoms in total. The summed E-state index contributed by atoms with van der Waals surface area (Å²) < 4.78 is 0. The highest BCUT2D eigenvalue weighted by atomic mass is 16.3. The summed E-state index contributed by atoms with van der Waals surface area (Å²) in [6, 6.07) is 27.1. The third kappa shape index (κ3) is 153. The predicted octanol–water partition coefficient (Wildman–Crippen LogP) is 9.37. The van der Waals surface area contributed by atoms with E-state index in [1.54, 1.807) is 39.8 Å². The number of aryl methyl sites for hydroxylation is 1. The fourth-order valence-electron chi connectivity index (χ4n) is 5.55. The number of carbonyl (C=O) groups is 14. The van der Waals surface area contributed by atoms with E-state index in [2.05, 4.69) is 112 Å². The lowest BCUT2D eigenvalue weighted by atomic mass is 10.00. The molecule has 0 aliphatic carbocycles. The zero-order valence-corrected chi connectivity index (χ0v) is 70.4. The van der Waals surface area contributed by atoms with Crippen molar-refractivity contribution in [3.05, 3.63) is 108 Å². The molecule has 103 heavy (non-hydrogen) atoms. The highest BCUT2D eigenvalue weighted by Gasteiger charge is 2.35. The first kappa shape index (κ1) is 171. The number of aliphatic hydroxyl groups excluding tert-OH is 1. The third-order valence-electron chi connectivity index (χ3n) is 9.38. The fourth-order valence-corrected chi connectivity index (χ4v) is 5.55. The summed E-state index contributed by atoms with van der Waals surface area (Å²) in [7, 11) is 12.2. The zero-order chi connectivity index (χ0) is 84.9. The molecule has 0 radical (unpaired) electrons. The van der Waals surface area contributed by atoms with Crippen LogP contribution in [0, 0.1) is 11.8 Å². The molecule has 3 aromatic rings. The van der Waals surface area contributed by atoms with Crippen molar-refractivity contribution < 1.29 is 72.2 Å². The largest absolute Gasteiger partial charge is 0.394 e. The molecule has 1 aliphatic heterocycles. The summed E-state index contributed by atoms with van der Waals surface area (Å²) in [5.74, 6) is 0.639. The van der Waals surface area contributed by atoms with E-state index < -0.39 is 24.0 Å². The van der Waals surface area contributed by atoms with E-state index in [9.17, 15) is 19.2 Å². The Morgan fingerprint density at radius 3 is 0.835 bits per heavy atom. The minimum absolute atomic E-state index is 0. The van der Waals surface area contributed by atoms with Crippen LogP contribution in [0.1, 0.15) is 174 Å². The summed E-state index contributed by atoms with van der Waals surface area (Å²) in [5, 5.41) is 10.9. The average molecular weight is 1490 g/mol. The molecule has 0 unspecified atom stereocenters. The molecule has 4 rings (SSSR count). The number of likely N-dealkylation sites (tertiary alicyclic amines) is 1. The highest BCUT2D eigenvalue weighted by molar-refractivity contribution is 5.94. The number of likely N-dealkylation sites (N-methyl/N-ethyl adjacent to an activating group) is 2. The van der Waals surface area contributed by atoms with Gasteiger partial charge in [0, 0.05) is 53.1 Å². The molecule has 0 aromatic heterocycles. The Morgan fingerprint density at radius 1 is 0.427 bits per heavy atom. The maximum Gasteiger partial charge on any atom is 0.246 e. The molecule has 1 fully saturated rings. The van der Waals surface area contributed by atoms with Gasteiger partial charge in [0.05, 0.1) is 0 Å². The van der Waals surface area contributed by atoms with Crippen molar-refractivity contribution in [2.75, 3.05) is 69.5 Å². The van der Waals surface area contributed by atoms with Gasteiger partial charge in [0.25, 0.3) is 0 Å². The van der Waals surface area contributed by atoms with Crippen LogP contribution in [-0.4, -0.2) is 205 Å². The van der Waals surface area contributed by atoms with Gasteiger partial charge in [-0.1, -0.05) is 201 Å². The third-order valence-corrected chi connectivity index (χ3v) is 9.38. The van der Waals surface area contributed by atoms with Crippen LogP contribution in [0.3, 0.4) is 0 Å². The molecule has 0 bridgehead atoms. The van der Waals surface area contributed by atoms with E-state index in [0.29, 0.717) is 19.5 Å². The standard InChI is InChI=1S/C30H40N4O4.C8H10.C5H12.C4H10.C3H8O.4C2H6.6CH5N.10CH2O.4H3N/c1-22(29(37)34-18-12-7-13-19-34)31-28(36)26(20-24-14-8-5-9-15-24)33(4)30(38)27(32(3)23(2)35)21-25-16-10-6-11-17-25;1-2-8-6-4-3-5-7-8;1-4-5(2)3;1-4(2)3;1-3(2)4;20*1-2;;;;/h5-6,8-11,14-17,22,26-27H,7,12-13,18-21H2,1-4H3,(H,31,36);3-7H,2H2,1H3;5H,4H2,1-3H3;4H,1-3H3;3-4H,1-2H3;4*1-2H3;6*2H2,1H3;10*1H2;4*1H3/t22-,26-,27-;;;;;;;;;;;;;;;;;;;;;;;;;;;;/m0............................/s1. The molecule has 4 amide bonds. The number of hydrogen-bond donors (Lipinski definition) is 12. The lowest BCUT2D eigenvalue weighted by Gasteiger charge is -2.35. The van der Waals surface area contributed by atoms with Gasteiger partial charge in [-0.3, -0.25) is 19.2 Å². The lowest BCUT2D eigenvalue weighted by Crippen LogP contribution is -2.58. The fraction of sp³-hybridized carbons (Fsp3) is 0.568. The first-order valence-corrected chi connectivity index (χ1v) is 32.1. The Hall–Kier alpha value is -8.20. The Morgan fingerprint density at radius 2 is 0.641 bits per heavy atom. The second kappa shape index (κ2) is 192. The van der Waals surface area contributed by atoms with Gasteiger partial charge in [0.2, 0.25) is 23.6 Å². The van der Waals surface area contributed by atoms with Crippen LogP contribution in [0.5, 0.6) is 0 Å². The SMILES string of the molecule is C=O.C=O.C=O.C=O.C=O.C=O.C=O.C=O.C=O.C=O.CC.CC.CC.CC.CC(=O)N(C)[C@@H](Cc1ccccc1)C(=O)N(C)[C@@H](Cc1ccccc1)C(=O)N[C@@H](C)C(=O)N1CCCCC1.CC(C)C.CC(C)O.CCC(C)C.CCc1ccccc1.CN.CN.CN.CN.CN.CN.N.N.N.N. The summed E-state index contributed by atoms with van der Waals surface area (Å²) in [5.41, 5.74) is 30.2. The summed E-state index contributed by atoms with van der Waals surface area (Å²) >= 11 is 0. The second-order valence-corrected chi connectivity index (χ2v) is 16.6. The summed E-state index contributed by atoms with van der Waals surface area (Å²) in [6.45, 7) is 59.3. The van der Waals surface area contributed by atoms with E-state index in [-0.39, 0.29) is 54.8 Å². The van der Waals surface area contributed by atoms with Crippen LogP contribution >= 0.6 is 0 Å². The van der Waals surface area contributed by atoms with E-state index in [4.69, 9.17) is 53.1 Å². The van der Waals surface area contributed by atoms with E-state index in [1.165, 1.54) is 71.0 Å². The molecule has 3 atom stereocenters. The zero-order valence-electron chi connectivity index (χ0n) is 70.4. The number of nitrogens with one attached hydrogen (secondary N) is 1. The van der Waals surface area contributed by atoms with Crippen LogP contribution in [0.2, 0.25) is 0 Å². The number of nitrogens with two attached hydrogens (primary N) is 6. The van der Waals surface area contributed by atoms with Crippen molar-refractivity contribution in [1.29, 1.82) is 0 Å². The predicted molar refractivity (Wildman–Crippen MR) is 443 cm³/mol. The van der Waals surface area contributed by atoms with Gasteiger partial charge in [0.15, 0.2) is 0 Å². The highest BCUT2D eigenvalue weighted by Crippen LogP contribution is 2.16. The molecule has 0 spiro atoms. The van der Waals surface area contributed by atoms with Gasteiger partial charge in [0.1, 0.15) is 86.0 Å². The van der Waals surface area contributed by atoms with Gasteiger partial charge in [-0.2, -0.15) is 0 Å². The molecule has 0 saturated carbocycles. The molecule has 1 heterocycles. The lowest BCUT2D eigenvalue weighted by molar-refractivity contribution is -0.147. The second-order valence-electron chi connectivity index (χ2n) is 16.6. The van der Waals surface area contributed by atoms with Crippen LogP contribution in [0.25, 0.3) is 0 Å². The van der Waals surface area contributed by atoms with Crippen molar-refractivity contribution in [3.63, 3.8) is 0 Å². The Labute approximate surface area is 630 Å². The quantitative estimate of drug-likeness (QED) is 0.0803. The van der Waals surface area contributed by atoms with E-state index in [1.807, 2.05) is 190 Å². The monoisotopic (exact) mass is 1490 g/mol. The maximum absolute atomic E-state index is 13.9. The van der Waals surface area contributed by atoms with Crippen LogP contribution in [-0.2, 0) is 86.4 Å². The average Bonchev–Trinajstić information content (AvgIpc) is 0.823. The van der Waals surface area contributed by atoms with E-state index in [0.717, 1.165) is 48.6 Å². The first-order valence-electron chi connectivity index (χ1n) is 32.1.